The van der Waals surface area contributed by atoms with Crippen molar-refractivity contribution in [2.75, 3.05) is 14.2 Å². The van der Waals surface area contributed by atoms with E-state index in [-0.39, 0.29) is 40.0 Å². The minimum atomic E-state index is 0. The van der Waals surface area contributed by atoms with E-state index in [1.54, 1.807) is 14.2 Å². The maximum atomic E-state index is 5.27. The van der Waals surface area contributed by atoms with Gasteiger partial charge in [-0.1, -0.05) is 20.8 Å². The second-order valence-electron chi connectivity index (χ2n) is 3.07. The van der Waals surface area contributed by atoms with Crippen LogP contribution in [0.2, 0.25) is 0 Å². The van der Waals surface area contributed by atoms with Crippen molar-refractivity contribution in [2.45, 2.75) is 20.8 Å². The van der Waals surface area contributed by atoms with Gasteiger partial charge in [-0.25, -0.2) is 0 Å². The van der Waals surface area contributed by atoms with Crippen LogP contribution in [0.5, 0.6) is 11.5 Å². The maximum Gasteiger partial charge on any atom is 2.00 e. The first-order chi connectivity index (χ1) is 6.11. The number of halogens is 1. The first-order valence-corrected chi connectivity index (χ1v) is 4.22. The zero-order valence-corrected chi connectivity index (χ0v) is 12.9. The molecule has 2 nitrogen and oxygen atoms in total. The van der Waals surface area contributed by atoms with Gasteiger partial charge in [0.25, 0.3) is 0 Å². The van der Waals surface area contributed by atoms with Crippen LogP contribution in [0, 0.1) is 26.8 Å². The molecule has 15 heavy (non-hydrogen) atoms. The molecule has 0 spiro atoms. The molecule has 0 heterocycles. The van der Waals surface area contributed by atoms with Crippen LogP contribution in [0.1, 0.15) is 16.7 Å². The Kier molecular flexibility index (Phi) is 8.56. The van der Waals surface area contributed by atoms with Gasteiger partial charge in [-0.3, -0.25) is 0 Å². The zero-order valence-electron chi connectivity index (χ0n) is 9.90. The van der Waals surface area contributed by atoms with Crippen LogP contribution in [-0.4, -0.2) is 37.3 Å². The predicted octanol–water partition coefficient (Wildman–Crippen LogP) is -0.948. The van der Waals surface area contributed by atoms with Crippen LogP contribution in [0.25, 0.3) is 0 Å². The third-order valence-corrected chi connectivity index (χ3v) is 2.29. The van der Waals surface area contributed by atoms with Crippen LogP contribution in [-0.2, 0) is 0 Å². The summed E-state index contributed by atoms with van der Waals surface area (Å²) in [7, 11) is 3.33. The van der Waals surface area contributed by atoms with Gasteiger partial charge >= 0.3 is 23.1 Å². The van der Waals surface area contributed by atoms with E-state index in [0.29, 0.717) is 0 Å². The van der Waals surface area contributed by atoms with E-state index < -0.39 is 0 Å². The van der Waals surface area contributed by atoms with Crippen molar-refractivity contribution in [2.24, 2.45) is 0 Å². The summed E-state index contributed by atoms with van der Waals surface area (Å²) in [6.45, 7) is 6.00. The Morgan fingerprint density at radius 2 is 1.47 bits per heavy atom. The van der Waals surface area contributed by atoms with E-state index in [2.05, 4.69) is 6.07 Å². The van der Waals surface area contributed by atoms with Crippen molar-refractivity contribution in [1.82, 2.24) is 0 Å². The largest absolute Gasteiger partial charge is 2.00 e. The smallest absolute Gasteiger partial charge is 1.00 e. The summed E-state index contributed by atoms with van der Waals surface area (Å²) in [5, 5.41) is 0. The van der Waals surface area contributed by atoms with E-state index in [9.17, 15) is 0 Å². The molecule has 0 aliphatic carbocycles. The van der Waals surface area contributed by atoms with Gasteiger partial charge in [0, 0.05) is 11.5 Å². The van der Waals surface area contributed by atoms with Gasteiger partial charge in [0.05, 0.1) is 14.2 Å². The Morgan fingerprint density at radius 1 is 0.933 bits per heavy atom. The number of methoxy groups -OCH3 is 2. The Balaban J connectivity index is 0. The molecule has 0 aliphatic rings. The van der Waals surface area contributed by atoms with Gasteiger partial charge in [0.1, 0.15) is 0 Å². The molecule has 0 atom stereocenters. The van der Waals surface area contributed by atoms with Crippen molar-refractivity contribution in [3.05, 3.63) is 22.8 Å². The topological polar surface area (TPSA) is 18.5 Å². The summed E-state index contributed by atoms with van der Waals surface area (Å²) < 4.78 is 10.5. The Morgan fingerprint density at radius 3 is 1.87 bits per heavy atom. The number of aryl methyl sites for hydroxylation is 1. The molecule has 0 fully saturated rings. The number of benzene rings is 1. The third kappa shape index (κ3) is 3.54. The Labute approximate surface area is 118 Å². The zero-order chi connectivity index (χ0) is 10.0. The monoisotopic (exact) mass is 282 g/mol. The van der Waals surface area contributed by atoms with Crippen LogP contribution >= 0.6 is 0 Å². The molecule has 0 bridgehead atoms. The normalized spacial score (nSPS) is 8.60. The third-order valence-electron chi connectivity index (χ3n) is 2.29. The molecule has 0 radical (unpaired) electrons. The molecule has 0 aliphatic heterocycles. The molecular weight excluding hydrogens is 268 g/mol. The van der Waals surface area contributed by atoms with Crippen molar-refractivity contribution < 1.29 is 26.5 Å². The van der Waals surface area contributed by atoms with E-state index in [0.717, 1.165) is 28.2 Å². The standard InChI is InChI=1S/C11H15O2.BrH.Mg/c1-7-6-10(12-4)8(2)9(3)11(7)13-5;;/h1-5H3;1H;/q-1;;+2/p-1. The first kappa shape index (κ1) is 17.5. The van der Waals surface area contributed by atoms with E-state index in [4.69, 9.17) is 9.47 Å². The number of ether oxygens (including phenoxy) is 2. The van der Waals surface area contributed by atoms with Crippen molar-refractivity contribution in [3.63, 3.8) is 0 Å². The number of hydrogen-bond donors (Lipinski definition) is 0. The van der Waals surface area contributed by atoms with Crippen LogP contribution in [0.15, 0.2) is 0 Å². The molecule has 0 unspecified atom stereocenters. The van der Waals surface area contributed by atoms with Crippen molar-refractivity contribution in [1.29, 1.82) is 0 Å². The SMILES string of the molecule is COc1[c-]c(C)c(OC)c(C)c1C.[Br-].[Mg+2]. The van der Waals surface area contributed by atoms with Gasteiger partial charge in [-0.2, -0.15) is 0 Å². The molecule has 0 amide bonds. The molecular formula is C11H15BrMgO2. The average molecular weight is 283 g/mol. The molecule has 1 aromatic carbocycles. The van der Waals surface area contributed by atoms with Crippen molar-refractivity contribution >= 4 is 23.1 Å². The second kappa shape index (κ2) is 7.36. The van der Waals surface area contributed by atoms with E-state index >= 15 is 0 Å². The summed E-state index contributed by atoms with van der Waals surface area (Å²) in [4.78, 5) is 0. The minimum Gasteiger partial charge on any atom is -1.00 e. The Bertz CT molecular complexity index is 327. The molecule has 1 rings (SSSR count). The second-order valence-corrected chi connectivity index (χ2v) is 3.07. The Hall–Kier alpha value is 0.0662. The predicted molar refractivity (Wildman–Crippen MR) is 58.3 cm³/mol. The molecule has 0 N–H and O–H groups in total. The van der Waals surface area contributed by atoms with Crippen LogP contribution in [0.4, 0.5) is 0 Å². The van der Waals surface area contributed by atoms with Gasteiger partial charge in [0.15, 0.2) is 0 Å². The van der Waals surface area contributed by atoms with E-state index in [1.165, 1.54) is 0 Å². The molecule has 80 valence electrons. The summed E-state index contributed by atoms with van der Waals surface area (Å²) in [5.74, 6) is 1.70. The molecule has 0 saturated carbocycles. The van der Waals surface area contributed by atoms with E-state index in [1.807, 2.05) is 20.8 Å². The van der Waals surface area contributed by atoms with Gasteiger partial charge in [0.2, 0.25) is 0 Å². The van der Waals surface area contributed by atoms with Crippen LogP contribution < -0.4 is 26.5 Å². The summed E-state index contributed by atoms with van der Waals surface area (Å²) in [6.07, 6.45) is 0. The summed E-state index contributed by atoms with van der Waals surface area (Å²) >= 11 is 0. The van der Waals surface area contributed by atoms with Crippen molar-refractivity contribution in [3.8, 4) is 11.5 Å². The van der Waals surface area contributed by atoms with Gasteiger partial charge in [-0.05, 0) is 0 Å². The molecule has 4 heteroatoms. The first-order valence-electron chi connectivity index (χ1n) is 4.22. The summed E-state index contributed by atoms with van der Waals surface area (Å²) in [6, 6.07) is 3.14. The summed E-state index contributed by atoms with van der Waals surface area (Å²) in [5.41, 5.74) is 3.20. The average Bonchev–Trinajstić information content (AvgIpc) is 2.12. The number of rotatable bonds is 2. The number of hydrogen-bond acceptors (Lipinski definition) is 2. The quantitative estimate of drug-likeness (QED) is 0.515. The fraction of sp³-hybridized carbons (Fsp3) is 0.455. The maximum absolute atomic E-state index is 5.27. The molecule has 0 aromatic heterocycles. The van der Waals surface area contributed by atoms with Gasteiger partial charge < -0.3 is 26.5 Å². The fourth-order valence-corrected chi connectivity index (χ4v) is 1.45. The van der Waals surface area contributed by atoms with Gasteiger partial charge in [-0.15, -0.1) is 22.8 Å². The molecule has 0 saturated heterocycles. The molecule has 1 aromatic rings. The fourth-order valence-electron chi connectivity index (χ4n) is 1.45. The minimum absolute atomic E-state index is 0. The van der Waals surface area contributed by atoms with Crippen LogP contribution in [0.3, 0.4) is 0 Å².